The third-order valence-electron chi connectivity index (χ3n) is 4.07. The van der Waals surface area contributed by atoms with Gasteiger partial charge in [-0.1, -0.05) is 12.2 Å². The Bertz CT molecular complexity index is 517. The van der Waals surface area contributed by atoms with Crippen molar-refractivity contribution in [3.05, 3.63) is 42.0 Å². The summed E-state index contributed by atoms with van der Waals surface area (Å²) in [4.78, 5) is 10.8. The molecule has 25 heavy (non-hydrogen) atoms. The predicted molar refractivity (Wildman–Crippen MR) is 96.0 cm³/mol. The third kappa shape index (κ3) is 8.18. The van der Waals surface area contributed by atoms with E-state index in [0.29, 0.717) is 19.0 Å². The van der Waals surface area contributed by atoms with Gasteiger partial charge in [-0.05, 0) is 69.2 Å². The van der Waals surface area contributed by atoms with Crippen LogP contribution in [0.2, 0.25) is 0 Å². The highest BCUT2D eigenvalue weighted by Crippen LogP contribution is 2.14. The van der Waals surface area contributed by atoms with E-state index in [4.69, 9.17) is 19.3 Å². The standard InChI is InChI=1S/C20H28O5/c21-20(22)17-10-12-18(13-11-17)23-14-6-3-1-2-4-7-15-24-19-9-5-8-16-25-19/h4,7,10-13,19H,1-3,5-6,8-9,14-16H2,(H,21,22). The largest absolute Gasteiger partial charge is 0.494 e. The van der Waals surface area contributed by atoms with Crippen molar-refractivity contribution in [3.63, 3.8) is 0 Å². The van der Waals surface area contributed by atoms with Gasteiger partial charge in [0.25, 0.3) is 0 Å². The number of aromatic carboxylic acids is 1. The molecule has 1 unspecified atom stereocenters. The lowest BCUT2D eigenvalue weighted by atomic mass is 10.2. The second-order valence-corrected chi connectivity index (χ2v) is 6.13. The minimum Gasteiger partial charge on any atom is -0.494 e. The number of carboxylic acid groups (broad SMARTS) is 1. The van der Waals surface area contributed by atoms with Gasteiger partial charge in [-0.3, -0.25) is 0 Å². The molecule has 0 bridgehead atoms. The number of benzene rings is 1. The fraction of sp³-hybridized carbons (Fsp3) is 0.550. The Morgan fingerprint density at radius 3 is 2.72 bits per heavy atom. The normalized spacial score (nSPS) is 17.7. The van der Waals surface area contributed by atoms with Crippen molar-refractivity contribution in [3.8, 4) is 5.75 Å². The van der Waals surface area contributed by atoms with Crippen LogP contribution < -0.4 is 4.74 Å². The first-order valence-electron chi connectivity index (χ1n) is 9.10. The van der Waals surface area contributed by atoms with Crippen molar-refractivity contribution >= 4 is 5.97 Å². The van der Waals surface area contributed by atoms with Crippen molar-refractivity contribution in [2.75, 3.05) is 19.8 Å². The Hall–Kier alpha value is -1.85. The topological polar surface area (TPSA) is 65.0 Å². The Balaban J connectivity index is 1.43. The van der Waals surface area contributed by atoms with Gasteiger partial charge < -0.3 is 19.3 Å². The first-order valence-corrected chi connectivity index (χ1v) is 9.10. The fourth-order valence-corrected chi connectivity index (χ4v) is 2.62. The molecule has 138 valence electrons. The Morgan fingerprint density at radius 2 is 2.00 bits per heavy atom. The maximum atomic E-state index is 10.8. The zero-order valence-electron chi connectivity index (χ0n) is 14.7. The number of allylic oxidation sites excluding steroid dienone is 1. The molecule has 0 aromatic heterocycles. The molecule has 1 N–H and O–H groups in total. The number of hydrogen-bond donors (Lipinski definition) is 1. The molecular formula is C20H28O5. The lowest BCUT2D eigenvalue weighted by Crippen LogP contribution is -2.22. The zero-order valence-corrected chi connectivity index (χ0v) is 14.7. The van der Waals surface area contributed by atoms with Gasteiger partial charge in [-0.2, -0.15) is 0 Å². The second-order valence-electron chi connectivity index (χ2n) is 6.13. The summed E-state index contributed by atoms with van der Waals surface area (Å²) in [6.07, 6.45) is 11.8. The molecule has 1 atom stereocenters. The lowest BCUT2D eigenvalue weighted by Gasteiger charge is -2.21. The highest BCUT2D eigenvalue weighted by atomic mass is 16.7. The van der Waals surface area contributed by atoms with E-state index in [2.05, 4.69) is 12.2 Å². The Kier molecular flexibility index (Phi) is 9.08. The first kappa shape index (κ1) is 19.5. The van der Waals surface area contributed by atoms with Crippen LogP contribution in [0.5, 0.6) is 5.75 Å². The molecule has 0 spiro atoms. The van der Waals surface area contributed by atoms with E-state index in [9.17, 15) is 4.79 Å². The lowest BCUT2D eigenvalue weighted by molar-refractivity contribution is -0.155. The molecule has 0 amide bonds. The summed E-state index contributed by atoms with van der Waals surface area (Å²) in [7, 11) is 0. The van der Waals surface area contributed by atoms with Gasteiger partial charge in [0.1, 0.15) is 5.75 Å². The van der Waals surface area contributed by atoms with Crippen LogP contribution >= 0.6 is 0 Å². The molecule has 1 heterocycles. The maximum Gasteiger partial charge on any atom is 0.335 e. The molecule has 1 aromatic carbocycles. The van der Waals surface area contributed by atoms with Crippen LogP contribution in [-0.4, -0.2) is 37.2 Å². The molecule has 0 saturated carbocycles. The molecule has 1 aliphatic rings. The Morgan fingerprint density at radius 1 is 1.16 bits per heavy atom. The molecule has 1 aromatic rings. The van der Waals surface area contributed by atoms with E-state index in [1.807, 2.05) is 0 Å². The summed E-state index contributed by atoms with van der Waals surface area (Å²) in [6, 6.07) is 6.51. The third-order valence-corrected chi connectivity index (χ3v) is 4.07. The molecule has 1 aliphatic heterocycles. The first-order chi connectivity index (χ1) is 12.3. The molecular weight excluding hydrogens is 320 g/mol. The van der Waals surface area contributed by atoms with Crippen LogP contribution in [0.1, 0.15) is 55.3 Å². The van der Waals surface area contributed by atoms with Crippen molar-refractivity contribution in [2.45, 2.75) is 51.2 Å². The molecule has 2 rings (SSSR count). The highest BCUT2D eigenvalue weighted by molar-refractivity contribution is 5.87. The molecule has 1 fully saturated rings. The quantitative estimate of drug-likeness (QED) is 0.473. The van der Waals surface area contributed by atoms with Crippen LogP contribution in [0.4, 0.5) is 0 Å². The van der Waals surface area contributed by atoms with Crippen molar-refractivity contribution in [2.24, 2.45) is 0 Å². The fourth-order valence-electron chi connectivity index (χ4n) is 2.62. The van der Waals surface area contributed by atoms with E-state index in [-0.39, 0.29) is 11.9 Å². The number of hydrogen-bond acceptors (Lipinski definition) is 4. The number of rotatable bonds is 11. The number of unbranched alkanes of at least 4 members (excludes halogenated alkanes) is 3. The smallest absolute Gasteiger partial charge is 0.335 e. The van der Waals surface area contributed by atoms with E-state index < -0.39 is 5.97 Å². The summed E-state index contributed by atoms with van der Waals surface area (Å²) in [5.74, 6) is -0.205. The maximum absolute atomic E-state index is 10.8. The molecule has 0 aliphatic carbocycles. The van der Waals surface area contributed by atoms with Crippen LogP contribution in [0, 0.1) is 0 Å². The summed E-state index contributed by atoms with van der Waals surface area (Å²) in [5, 5.41) is 8.83. The van der Waals surface area contributed by atoms with Crippen LogP contribution in [-0.2, 0) is 9.47 Å². The highest BCUT2D eigenvalue weighted by Gasteiger charge is 2.12. The van der Waals surface area contributed by atoms with Crippen molar-refractivity contribution in [1.29, 1.82) is 0 Å². The van der Waals surface area contributed by atoms with E-state index >= 15 is 0 Å². The summed E-state index contributed by atoms with van der Waals surface area (Å²) < 4.78 is 16.7. The average molecular weight is 348 g/mol. The summed E-state index contributed by atoms with van der Waals surface area (Å²) >= 11 is 0. The predicted octanol–water partition coefficient (Wildman–Crippen LogP) is 4.42. The summed E-state index contributed by atoms with van der Waals surface area (Å²) in [6.45, 7) is 2.10. The molecule has 5 nitrogen and oxygen atoms in total. The SMILES string of the molecule is O=C(O)c1ccc(OCCCCCC=CCOC2CCCCO2)cc1. The van der Waals surface area contributed by atoms with Gasteiger partial charge in [-0.25, -0.2) is 4.79 Å². The molecule has 1 saturated heterocycles. The van der Waals surface area contributed by atoms with E-state index in [1.54, 1.807) is 24.3 Å². The van der Waals surface area contributed by atoms with Crippen molar-refractivity contribution in [1.82, 2.24) is 0 Å². The summed E-state index contributed by atoms with van der Waals surface area (Å²) in [5.41, 5.74) is 0.276. The number of carbonyl (C=O) groups is 1. The van der Waals surface area contributed by atoms with Gasteiger partial charge in [0.15, 0.2) is 6.29 Å². The van der Waals surface area contributed by atoms with Crippen molar-refractivity contribution < 1.29 is 24.1 Å². The van der Waals surface area contributed by atoms with Gasteiger partial charge >= 0.3 is 5.97 Å². The van der Waals surface area contributed by atoms with Gasteiger partial charge in [0.2, 0.25) is 0 Å². The van der Waals surface area contributed by atoms with Crippen LogP contribution in [0.3, 0.4) is 0 Å². The second kappa shape index (κ2) is 11.7. The van der Waals surface area contributed by atoms with Gasteiger partial charge in [0.05, 0.1) is 18.8 Å². The van der Waals surface area contributed by atoms with Crippen LogP contribution in [0.25, 0.3) is 0 Å². The average Bonchev–Trinajstić information content (AvgIpc) is 2.64. The van der Waals surface area contributed by atoms with E-state index in [1.165, 1.54) is 6.42 Å². The molecule has 5 heteroatoms. The minimum absolute atomic E-state index is 0.0138. The number of ether oxygens (including phenoxy) is 3. The van der Waals surface area contributed by atoms with Crippen LogP contribution in [0.15, 0.2) is 36.4 Å². The monoisotopic (exact) mass is 348 g/mol. The minimum atomic E-state index is -0.920. The van der Waals surface area contributed by atoms with Gasteiger partial charge in [-0.15, -0.1) is 0 Å². The van der Waals surface area contributed by atoms with E-state index in [0.717, 1.165) is 45.1 Å². The zero-order chi connectivity index (χ0) is 17.7. The van der Waals surface area contributed by atoms with Gasteiger partial charge in [0, 0.05) is 6.61 Å². The molecule has 0 radical (unpaired) electrons. The number of carboxylic acids is 1. The Labute approximate surface area is 149 Å².